The molecule has 1 aromatic heterocycles. The molecule has 0 N–H and O–H groups in total. The van der Waals surface area contributed by atoms with Crippen LogP contribution in [0.25, 0.3) is 11.4 Å². The van der Waals surface area contributed by atoms with Crippen LogP contribution in [0.2, 0.25) is 5.02 Å². The molecular weight excluding hydrogens is 373 g/mol. The summed E-state index contributed by atoms with van der Waals surface area (Å²) in [4.78, 5) is 15.9. The maximum absolute atomic E-state index is 12.6. The highest BCUT2D eigenvalue weighted by Gasteiger charge is 2.30. The van der Waals surface area contributed by atoms with Gasteiger partial charge in [0.05, 0.1) is 11.1 Å². The van der Waals surface area contributed by atoms with E-state index in [0.29, 0.717) is 10.6 Å². The standard InChI is InChI=1S/C17H10ClF3N2O3/c18-13-3-1-2-11(8-13)16(24)25-9-14-22-15(23-26-14)10-4-6-12(7-5-10)17(19,20)21/h1-8H,9H2. The van der Waals surface area contributed by atoms with Crippen LogP contribution in [0.4, 0.5) is 13.2 Å². The van der Waals surface area contributed by atoms with Gasteiger partial charge >= 0.3 is 12.1 Å². The van der Waals surface area contributed by atoms with E-state index < -0.39 is 17.7 Å². The minimum absolute atomic E-state index is 0.00951. The Bertz CT molecular complexity index is 924. The second-order valence-corrected chi connectivity index (χ2v) is 5.61. The Labute approximate surface area is 150 Å². The van der Waals surface area contributed by atoms with Gasteiger partial charge in [-0.3, -0.25) is 0 Å². The number of rotatable bonds is 4. The summed E-state index contributed by atoms with van der Waals surface area (Å²) in [6.07, 6.45) is -4.42. The molecule has 0 aliphatic rings. The van der Waals surface area contributed by atoms with Gasteiger partial charge in [-0.2, -0.15) is 18.2 Å². The fourth-order valence-electron chi connectivity index (χ4n) is 2.07. The molecule has 1 heterocycles. The van der Waals surface area contributed by atoms with Crippen molar-refractivity contribution in [2.75, 3.05) is 0 Å². The first-order valence-corrected chi connectivity index (χ1v) is 7.63. The van der Waals surface area contributed by atoms with Crippen molar-refractivity contribution < 1.29 is 27.2 Å². The molecule has 9 heteroatoms. The number of hydrogen-bond donors (Lipinski definition) is 0. The van der Waals surface area contributed by atoms with E-state index in [2.05, 4.69) is 10.1 Å². The van der Waals surface area contributed by atoms with Crippen molar-refractivity contribution >= 4 is 17.6 Å². The number of ether oxygens (including phenoxy) is 1. The van der Waals surface area contributed by atoms with Crippen molar-refractivity contribution in [1.29, 1.82) is 0 Å². The number of hydrogen-bond acceptors (Lipinski definition) is 5. The fraction of sp³-hybridized carbons (Fsp3) is 0.118. The number of carbonyl (C=O) groups is 1. The molecular formula is C17H10ClF3N2O3. The quantitative estimate of drug-likeness (QED) is 0.608. The second kappa shape index (κ2) is 7.17. The van der Waals surface area contributed by atoms with Gasteiger partial charge in [-0.1, -0.05) is 35.0 Å². The molecule has 0 amide bonds. The summed E-state index contributed by atoms with van der Waals surface area (Å²) in [5.41, 5.74) is -0.172. The predicted molar refractivity (Wildman–Crippen MR) is 85.3 cm³/mol. The molecule has 0 spiro atoms. The largest absolute Gasteiger partial charge is 0.452 e. The van der Waals surface area contributed by atoms with E-state index in [1.165, 1.54) is 24.3 Å². The van der Waals surface area contributed by atoms with Crippen LogP contribution < -0.4 is 0 Å². The van der Waals surface area contributed by atoms with Crippen LogP contribution >= 0.6 is 11.6 Å². The van der Waals surface area contributed by atoms with E-state index >= 15 is 0 Å². The summed E-state index contributed by atoms with van der Waals surface area (Å²) in [6, 6.07) is 10.5. The molecule has 2 aromatic carbocycles. The molecule has 26 heavy (non-hydrogen) atoms. The SMILES string of the molecule is O=C(OCc1nc(-c2ccc(C(F)(F)F)cc2)no1)c1cccc(Cl)c1. The molecule has 0 radical (unpaired) electrons. The lowest BCUT2D eigenvalue weighted by Crippen LogP contribution is -2.05. The Morgan fingerprint density at radius 1 is 1.15 bits per heavy atom. The van der Waals surface area contributed by atoms with Crippen LogP contribution in [-0.2, 0) is 17.5 Å². The van der Waals surface area contributed by atoms with Crippen LogP contribution in [0.15, 0.2) is 53.1 Å². The van der Waals surface area contributed by atoms with Crippen LogP contribution in [0.1, 0.15) is 21.8 Å². The number of benzene rings is 2. The first kappa shape index (κ1) is 17.9. The Morgan fingerprint density at radius 3 is 2.54 bits per heavy atom. The summed E-state index contributed by atoms with van der Waals surface area (Å²) < 4.78 is 47.7. The second-order valence-electron chi connectivity index (χ2n) is 5.17. The zero-order valence-corrected chi connectivity index (χ0v) is 13.7. The Morgan fingerprint density at radius 2 is 1.88 bits per heavy atom. The highest BCUT2D eigenvalue weighted by Crippen LogP contribution is 2.30. The van der Waals surface area contributed by atoms with Crippen LogP contribution in [0, 0.1) is 0 Å². The number of aromatic nitrogens is 2. The summed E-state index contributed by atoms with van der Waals surface area (Å²) in [7, 11) is 0. The Hall–Kier alpha value is -2.87. The molecule has 5 nitrogen and oxygen atoms in total. The third kappa shape index (κ3) is 4.20. The van der Waals surface area contributed by atoms with Gasteiger partial charge < -0.3 is 9.26 Å². The first-order valence-electron chi connectivity index (χ1n) is 7.26. The van der Waals surface area contributed by atoms with E-state index in [4.69, 9.17) is 20.9 Å². The minimum atomic E-state index is -4.42. The van der Waals surface area contributed by atoms with E-state index in [-0.39, 0.29) is 23.9 Å². The highest BCUT2D eigenvalue weighted by molar-refractivity contribution is 6.30. The van der Waals surface area contributed by atoms with Gasteiger partial charge in [0.15, 0.2) is 6.61 Å². The maximum Gasteiger partial charge on any atom is 0.416 e. The van der Waals surface area contributed by atoms with Crippen molar-refractivity contribution in [3.8, 4) is 11.4 Å². The molecule has 0 aliphatic heterocycles. The summed E-state index contributed by atoms with van der Waals surface area (Å²) in [6.45, 7) is -0.279. The zero-order chi connectivity index (χ0) is 18.7. The lowest BCUT2D eigenvalue weighted by atomic mass is 10.1. The van der Waals surface area contributed by atoms with Gasteiger partial charge in [0.2, 0.25) is 5.82 Å². The summed E-state index contributed by atoms with van der Waals surface area (Å²) in [5.74, 6) is -0.524. The van der Waals surface area contributed by atoms with Gasteiger partial charge in [0.1, 0.15) is 0 Å². The summed E-state index contributed by atoms with van der Waals surface area (Å²) in [5, 5.41) is 4.05. The molecule has 0 fully saturated rings. The minimum Gasteiger partial charge on any atom is -0.452 e. The summed E-state index contributed by atoms with van der Waals surface area (Å²) >= 11 is 5.80. The lowest BCUT2D eigenvalue weighted by Gasteiger charge is -2.05. The van der Waals surface area contributed by atoms with Crippen LogP contribution in [-0.4, -0.2) is 16.1 Å². The Kier molecular flexibility index (Phi) is 4.94. The third-order valence-electron chi connectivity index (χ3n) is 3.33. The van der Waals surface area contributed by atoms with Gasteiger partial charge in [0.25, 0.3) is 5.89 Å². The molecule has 0 aliphatic carbocycles. The number of alkyl halides is 3. The lowest BCUT2D eigenvalue weighted by molar-refractivity contribution is -0.137. The van der Waals surface area contributed by atoms with Crippen LogP contribution in [0.3, 0.4) is 0 Å². The van der Waals surface area contributed by atoms with Gasteiger partial charge in [0, 0.05) is 10.6 Å². The van der Waals surface area contributed by atoms with E-state index in [1.807, 2.05) is 0 Å². The van der Waals surface area contributed by atoms with Gasteiger partial charge in [-0.05, 0) is 30.3 Å². The highest BCUT2D eigenvalue weighted by atomic mass is 35.5. The van der Waals surface area contributed by atoms with Gasteiger partial charge in [-0.25, -0.2) is 4.79 Å². The average molecular weight is 383 g/mol. The number of carbonyl (C=O) groups excluding carboxylic acids is 1. The molecule has 0 unspecified atom stereocenters. The van der Waals surface area contributed by atoms with Crippen molar-refractivity contribution in [2.24, 2.45) is 0 Å². The molecule has 0 atom stereocenters. The fourth-order valence-corrected chi connectivity index (χ4v) is 2.26. The van der Waals surface area contributed by atoms with Gasteiger partial charge in [-0.15, -0.1) is 0 Å². The normalized spacial score (nSPS) is 11.4. The number of nitrogens with zero attached hydrogens (tertiary/aromatic N) is 2. The number of halogens is 4. The molecule has 0 saturated heterocycles. The van der Waals surface area contributed by atoms with Crippen molar-refractivity contribution in [3.63, 3.8) is 0 Å². The Balaban J connectivity index is 1.65. The van der Waals surface area contributed by atoms with Crippen molar-refractivity contribution in [1.82, 2.24) is 10.1 Å². The van der Waals surface area contributed by atoms with E-state index in [9.17, 15) is 18.0 Å². The van der Waals surface area contributed by atoms with E-state index in [1.54, 1.807) is 12.1 Å². The average Bonchev–Trinajstić information content (AvgIpc) is 3.08. The molecule has 3 aromatic rings. The zero-order valence-electron chi connectivity index (χ0n) is 13.0. The predicted octanol–water partition coefficient (Wildman–Crippen LogP) is 4.77. The molecule has 0 saturated carbocycles. The van der Waals surface area contributed by atoms with Crippen molar-refractivity contribution in [3.05, 3.63) is 70.6 Å². The van der Waals surface area contributed by atoms with Crippen molar-refractivity contribution in [2.45, 2.75) is 12.8 Å². The monoisotopic (exact) mass is 382 g/mol. The molecule has 0 bridgehead atoms. The maximum atomic E-state index is 12.6. The number of esters is 1. The third-order valence-corrected chi connectivity index (χ3v) is 3.56. The topological polar surface area (TPSA) is 65.2 Å². The smallest absolute Gasteiger partial charge is 0.416 e. The van der Waals surface area contributed by atoms with Crippen LogP contribution in [0.5, 0.6) is 0 Å². The molecule has 134 valence electrons. The molecule has 3 rings (SSSR count). The van der Waals surface area contributed by atoms with E-state index in [0.717, 1.165) is 12.1 Å². The first-order chi connectivity index (χ1) is 12.3.